The second-order valence-electron chi connectivity index (χ2n) is 4.41. The Balaban J connectivity index is 1.66. The van der Waals surface area contributed by atoms with E-state index < -0.39 is 9.84 Å². The topological polar surface area (TPSA) is 88.4 Å². The first-order valence-corrected chi connectivity index (χ1v) is 7.62. The first-order valence-electron chi connectivity index (χ1n) is 5.80. The summed E-state index contributed by atoms with van der Waals surface area (Å²) in [5.74, 6) is 1.11. The molecule has 2 N–H and O–H groups in total. The Bertz CT molecular complexity index is 495. The first-order chi connectivity index (χ1) is 8.55. The van der Waals surface area contributed by atoms with Gasteiger partial charge in [-0.2, -0.15) is 0 Å². The Kier molecular flexibility index (Phi) is 3.90. The summed E-state index contributed by atoms with van der Waals surface area (Å²) >= 11 is 0. The summed E-state index contributed by atoms with van der Waals surface area (Å²) in [7, 11) is -2.88. The van der Waals surface area contributed by atoms with Crippen molar-refractivity contribution in [1.29, 1.82) is 0 Å². The van der Waals surface area contributed by atoms with E-state index in [4.69, 9.17) is 4.42 Å². The third-order valence-electron chi connectivity index (χ3n) is 2.88. The van der Waals surface area contributed by atoms with Crippen LogP contribution in [0.5, 0.6) is 0 Å². The van der Waals surface area contributed by atoms with Crippen molar-refractivity contribution < 1.29 is 17.6 Å². The second-order valence-corrected chi connectivity index (χ2v) is 6.64. The minimum atomic E-state index is -2.88. The molecular weight excluding hydrogens is 256 g/mol. The lowest BCUT2D eigenvalue weighted by molar-refractivity contribution is 0.238. The lowest BCUT2D eigenvalue weighted by Gasteiger charge is -2.10. The molecule has 1 aliphatic heterocycles. The molecule has 0 saturated carbocycles. The Labute approximate surface area is 106 Å². The Hall–Kier alpha value is -1.50. The summed E-state index contributed by atoms with van der Waals surface area (Å²) in [6, 6.07) is 3.21. The van der Waals surface area contributed by atoms with E-state index in [0.717, 1.165) is 0 Å². The van der Waals surface area contributed by atoms with E-state index in [2.05, 4.69) is 10.6 Å². The number of hydrogen-bond acceptors (Lipinski definition) is 4. The number of sulfone groups is 1. The molecule has 2 rings (SSSR count). The van der Waals surface area contributed by atoms with Crippen molar-refractivity contribution in [3.63, 3.8) is 0 Å². The normalized spacial score (nSPS) is 21.7. The van der Waals surface area contributed by atoms with Gasteiger partial charge >= 0.3 is 6.03 Å². The first kappa shape index (κ1) is 12.9. The van der Waals surface area contributed by atoms with Crippen molar-refractivity contribution in [2.45, 2.75) is 13.0 Å². The van der Waals surface area contributed by atoms with Gasteiger partial charge in [-0.05, 0) is 24.5 Å². The molecular formula is C11H16N2O4S. The van der Waals surface area contributed by atoms with E-state index in [9.17, 15) is 13.2 Å². The van der Waals surface area contributed by atoms with Crippen LogP contribution in [-0.4, -0.2) is 32.5 Å². The van der Waals surface area contributed by atoms with Gasteiger partial charge < -0.3 is 15.1 Å². The van der Waals surface area contributed by atoms with Gasteiger partial charge in [-0.3, -0.25) is 0 Å². The highest BCUT2D eigenvalue weighted by molar-refractivity contribution is 7.91. The van der Waals surface area contributed by atoms with E-state index in [1.807, 2.05) is 0 Å². The molecule has 1 fully saturated rings. The van der Waals surface area contributed by atoms with E-state index in [-0.39, 0.29) is 23.5 Å². The molecule has 1 saturated heterocycles. The smallest absolute Gasteiger partial charge is 0.315 e. The van der Waals surface area contributed by atoms with Crippen LogP contribution in [0.4, 0.5) is 4.79 Å². The third-order valence-corrected chi connectivity index (χ3v) is 4.72. The van der Waals surface area contributed by atoms with Crippen LogP contribution in [0.25, 0.3) is 0 Å². The zero-order valence-electron chi connectivity index (χ0n) is 9.89. The molecule has 0 aromatic carbocycles. The maximum atomic E-state index is 11.4. The Morgan fingerprint density at radius 1 is 1.44 bits per heavy atom. The number of rotatable bonds is 4. The van der Waals surface area contributed by atoms with Gasteiger partial charge in [0.2, 0.25) is 0 Å². The SMILES string of the molecule is O=C(NCc1ccco1)NC[C@H]1CCS(=O)(=O)C1. The molecule has 1 aromatic rings. The van der Waals surface area contributed by atoms with Gasteiger partial charge in [0.25, 0.3) is 0 Å². The molecule has 0 bridgehead atoms. The van der Waals surface area contributed by atoms with Gasteiger partial charge in [0.1, 0.15) is 5.76 Å². The zero-order valence-corrected chi connectivity index (χ0v) is 10.7. The molecule has 0 radical (unpaired) electrons. The molecule has 1 aromatic heterocycles. The van der Waals surface area contributed by atoms with Crippen LogP contribution < -0.4 is 10.6 Å². The highest BCUT2D eigenvalue weighted by atomic mass is 32.2. The standard InChI is InChI=1S/C11H16N2O4S/c14-11(13-7-10-2-1-4-17-10)12-6-9-3-5-18(15,16)8-9/h1-2,4,9H,3,5-8H2,(H2,12,13,14)/t9-/m1/s1. The number of carbonyl (C=O) groups is 1. The third kappa shape index (κ3) is 3.76. The van der Waals surface area contributed by atoms with Crippen LogP contribution in [0.3, 0.4) is 0 Å². The quantitative estimate of drug-likeness (QED) is 0.836. The molecule has 18 heavy (non-hydrogen) atoms. The van der Waals surface area contributed by atoms with Crippen LogP contribution in [0.2, 0.25) is 0 Å². The summed E-state index contributed by atoms with van der Waals surface area (Å²) in [5.41, 5.74) is 0. The molecule has 0 unspecified atom stereocenters. The van der Waals surface area contributed by atoms with Crippen molar-refractivity contribution in [3.8, 4) is 0 Å². The van der Waals surface area contributed by atoms with Crippen LogP contribution >= 0.6 is 0 Å². The van der Waals surface area contributed by atoms with E-state index in [1.165, 1.54) is 6.26 Å². The number of hydrogen-bond donors (Lipinski definition) is 2. The predicted octanol–water partition coefficient (Wildman–Crippen LogP) is 0.514. The lowest BCUT2D eigenvalue weighted by atomic mass is 10.1. The van der Waals surface area contributed by atoms with Crippen LogP contribution in [-0.2, 0) is 16.4 Å². The van der Waals surface area contributed by atoms with Gasteiger partial charge in [-0.25, -0.2) is 13.2 Å². The molecule has 7 heteroatoms. The minimum Gasteiger partial charge on any atom is -0.467 e. The van der Waals surface area contributed by atoms with Crippen molar-refractivity contribution >= 4 is 15.9 Å². The van der Waals surface area contributed by atoms with Gasteiger partial charge in [0, 0.05) is 6.54 Å². The zero-order chi connectivity index (χ0) is 13.0. The summed E-state index contributed by atoms with van der Waals surface area (Å²) in [6.07, 6.45) is 2.17. The van der Waals surface area contributed by atoms with Gasteiger partial charge in [0.05, 0.1) is 24.3 Å². The van der Waals surface area contributed by atoms with Gasteiger partial charge in [0.15, 0.2) is 9.84 Å². The number of furan rings is 1. The van der Waals surface area contributed by atoms with Crippen molar-refractivity contribution in [3.05, 3.63) is 24.2 Å². The number of amides is 2. The summed E-state index contributed by atoms with van der Waals surface area (Å²) in [6.45, 7) is 0.713. The monoisotopic (exact) mass is 272 g/mol. The molecule has 1 atom stereocenters. The van der Waals surface area contributed by atoms with E-state index in [0.29, 0.717) is 25.3 Å². The average molecular weight is 272 g/mol. The highest BCUT2D eigenvalue weighted by Crippen LogP contribution is 2.17. The Morgan fingerprint density at radius 3 is 2.89 bits per heavy atom. The van der Waals surface area contributed by atoms with Gasteiger partial charge in [-0.1, -0.05) is 0 Å². The van der Waals surface area contributed by atoms with E-state index >= 15 is 0 Å². The molecule has 0 aliphatic carbocycles. The number of urea groups is 1. The second kappa shape index (κ2) is 5.43. The Morgan fingerprint density at radius 2 is 2.28 bits per heavy atom. The van der Waals surface area contributed by atoms with Crippen LogP contribution in [0, 0.1) is 5.92 Å². The number of carbonyl (C=O) groups excluding carboxylic acids is 1. The maximum Gasteiger partial charge on any atom is 0.315 e. The number of nitrogens with one attached hydrogen (secondary N) is 2. The lowest BCUT2D eigenvalue weighted by Crippen LogP contribution is -2.38. The molecule has 0 spiro atoms. The minimum absolute atomic E-state index is 0.0318. The van der Waals surface area contributed by atoms with Crippen molar-refractivity contribution in [1.82, 2.24) is 10.6 Å². The van der Waals surface area contributed by atoms with Gasteiger partial charge in [-0.15, -0.1) is 0 Å². The summed E-state index contributed by atoms with van der Waals surface area (Å²) in [5, 5.41) is 5.31. The van der Waals surface area contributed by atoms with E-state index in [1.54, 1.807) is 12.1 Å². The fraction of sp³-hybridized carbons (Fsp3) is 0.545. The molecule has 2 heterocycles. The van der Waals surface area contributed by atoms with Crippen LogP contribution in [0.1, 0.15) is 12.2 Å². The molecule has 6 nitrogen and oxygen atoms in total. The maximum absolute atomic E-state index is 11.4. The predicted molar refractivity (Wildman–Crippen MR) is 65.7 cm³/mol. The highest BCUT2D eigenvalue weighted by Gasteiger charge is 2.27. The van der Waals surface area contributed by atoms with Crippen molar-refractivity contribution in [2.75, 3.05) is 18.1 Å². The van der Waals surface area contributed by atoms with Crippen LogP contribution in [0.15, 0.2) is 22.8 Å². The largest absolute Gasteiger partial charge is 0.467 e. The average Bonchev–Trinajstić information content (AvgIpc) is 2.93. The summed E-state index contributed by atoms with van der Waals surface area (Å²) < 4.78 is 27.5. The summed E-state index contributed by atoms with van der Waals surface area (Å²) in [4.78, 5) is 11.4. The molecule has 2 amide bonds. The fourth-order valence-electron chi connectivity index (χ4n) is 1.91. The fourth-order valence-corrected chi connectivity index (χ4v) is 3.77. The molecule has 100 valence electrons. The molecule has 1 aliphatic rings. The van der Waals surface area contributed by atoms with Crippen molar-refractivity contribution in [2.24, 2.45) is 5.92 Å².